The molecule has 142 valence electrons. The molecule has 3 rings (SSSR count). The second-order valence-corrected chi connectivity index (χ2v) is 6.47. The van der Waals surface area contributed by atoms with E-state index < -0.39 is 0 Å². The molecular weight excluding hydrogens is 342 g/mol. The van der Waals surface area contributed by atoms with Crippen molar-refractivity contribution in [1.82, 2.24) is 15.2 Å². The van der Waals surface area contributed by atoms with E-state index in [4.69, 9.17) is 14.6 Å². The lowest BCUT2D eigenvalue weighted by Gasteiger charge is -2.41. The number of morpholine rings is 1. The Morgan fingerprint density at radius 2 is 2.08 bits per heavy atom. The topological polar surface area (TPSA) is 129 Å². The number of hydrogen-bond donors (Lipinski definition) is 3. The van der Waals surface area contributed by atoms with Gasteiger partial charge in [-0.3, -0.25) is 19.2 Å². The van der Waals surface area contributed by atoms with Gasteiger partial charge in [0.2, 0.25) is 11.5 Å². The Morgan fingerprint density at radius 3 is 2.73 bits per heavy atom. The van der Waals surface area contributed by atoms with Gasteiger partial charge in [0, 0.05) is 24.8 Å². The number of fused-ring (bicyclic) bond motifs is 1. The fourth-order valence-electron chi connectivity index (χ4n) is 3.19. The Balaban J connectivity index is 0.000000758. The van der Waals surface area contributed by atoms with E-state index in [-0.39, 0.29) is 48.5 Å². The maximum Gasteiger partial charge on any atom is 0.290 e. The van der Waals surface area contributed by atoms with Gasteiger partial charge < -0.3 is 25.0 Å². The second-order valence-electron chi connectivity index (χ2n) is 6.47. The summed E-state index contributed by atoms with van der Waals surface area (Å²) in [6.45, 7) is 4.71. The number of H-pyrrole nitrogens is 1. The first-order chi connectivity index (χ1) is 12.4. The summed E-state index contributed by atoms with van der Waals surface area (Å²) in [4.78, 5) is 48.7. The number of ether oxygens (including phenoxy) is 1. The molecular formula is C17H23N3O6. The first kappa shape index (κ1) is 19.6. The zero-order chi connectivity index (χ0) is 19.3. The maximum atomic E-state index is 12.8. The fourth-order valence-corrected chi connectivity index (χ4v) is 3.19. The molecule has 26 heavy (non-hydrogen) atoms. The highest BCUT2D eigenvalue weighted by atomic mass is 16.5. The summed E-state index contributed by atoms with van der Waals surface area (Å²) >= 11 is 0. The fraction of sp³-hybridized carbons (Fsp3) is 0.529. The molecule has 1 aromatic heterocycles. The molecule has 2 fully saturated rings. The van der Waals surface area contributed by atoms with Crippen molar-refractivity contribution in [3.8, 4) is 0 Å². The normalized spacial score (nSPS) is 22.0. The number of likely N-dealkylation sites (tertiary alicyclic amines) is 1. The first-order valence-corrected chi connectivity index (χ1v) is 8.38. The number of aromatic nitrogens is 1. The average Bonchev–Trinajstić information content (AvgIpc) is 2.61. The van der Waals surface area contributed by atoms with Crippen molar-refractivity contribution in [2.24, 2.45) is 0 Å². The molecule has 0 unspecified atom stereocenters. The molecule has 0 aliphatic carbocycles. The molecule has 2 aliphatic heterocycles. The van der Waals surface area contributed by atoms with Gasteiger partial charge in [-0.25, -0.2) is 0 Å². The number of carboxylic acid groups (broad SMARTS) is 1. The summed E-state index contributed by atoms with van der Waals surface area (Å²) in [5, 5.41) is 9.77. The lowest BCUT2D eigenvalue weighted by atomic mass is 9.98. The molecule has 9 nitrogen and oxygen atoms in total. The van der Waals surface area contributed by atoms with Crippen molar-refractivity contribution in [3.05, 3.63) is 33.7 Å². The number of aromatic amines is 1. The number of rotatable bonds is 2. The number of piperidine rings is 1. The lowest BCUT2D eigenvalue weighted by molar-refractivity contribution is -0.139. The Hall–Kier alpha value is -2.68. The van der Waals surface area contributed by atoms with E-state index in [0.29, 0.717) is 30.8 Å². The molecule has 0 saturated carbocycles. The minimum Gasteiger partial charge on any atom is -0.483 e. The van der Waals surface area contributed by atoms with Gasteiger partial charge in [-0.15, -0.1) is 0 Å². The van der Waals surface area contributed by atoms with E-state index in [0.717, 1.165) is 0 Å². The van der Waals surface area contributed by atoms with Gasteiger partial charge in [-0.1, -0.05) is 13.8 Å². The van der Waals surface area contributed by atoms with E-state index >= 15 is 0 Å². The molecule has 3 N–H and O–H groups in total. The number of hydrogen-bond acceptors (Lipinski definition) is 5. The number of carbonyl (C=O) groups is 3. The van der Waals surface area contributed by atoms with E-state index in [1.54, 1.807) is 11.0 Å². The van der Waals surface area contributed by atoms with Crippen molar-refractivity contribution in [1.29, 1.82) is 0 Å². The van der Waals surface area contributed by atoms with Gasteiger partial charge in [0.15, 0.2) is 0 Å². The van der Waals surface area contributed by atoms with Crippen LogP contribution in [0.4, 0.5) is 0 Å². The molecule has 0 aromatic carbocycles. The van der Waals surface area contributed by atoms with E-state index in [1.807, 2.05) is 13.8 Å². The molecule has 0 radical (unpaired) electrons. The van der Waals surface area contributed by atoms with Gasteiger partial charge in [0.25, 0.3) is 12.4 Å². The van der Waals surface area contributed by atoms with Crippen LogP contribution in [0.2, 0.25) is 0 Å². The first-order valence-electron chi connectivity index (χ1n) is 8.38. The van der Waals surface area contributed by atoms with Crippen LogP contribution in [0.1, 0.15) is 42.2 Å². The van der Waals surface area contributed by atoms with Crippen LogP contribution in [0.15, 0.2) is 16.9 Å². The van der Waals surface area contributed by atoms with Crippen molar-refractivity contribution < 1.29 is 24.2 Å². The molecule has 9 heteroatoms. The molecule has 2 aliphatic rings. The van der Waals surface area contributed by atoms with Crippen LogP contribution in [0.5, 0.6) is 0 Å². The van der Waals surface area contributed by atoms with E-state index in [9.17, 15) is 14.4 Å². The van der Waals surface area contributed by atoms with Crippen LogP contribution in [0.25, 0.3) is 0 Å². The Kier molecular flexibility index (Phi) is 6.51. The van der Waals surface area contributed by atoms with E-state index in [2.05, 4.69) is 10.3 Å². The Bertz CT molecular complexity index is 729. The highest BCUT2D eigenvalue weighted by Crippen LogP contribution is 2.22. The predicted molar refractivity (Wildman–Crippen MR) is 92.0 cm³/mol. The van der Waals surface area contributed by atoms with Crippen molar-refractivity contribution in [2.45, 2.75) is 38.3 Å². The molecule has 1 aromatic rings. The highest BCUT2D eigenvalue weighted by molar-refractivity contribution is 5.95. The van der Waals surface area contributed by atoms with Crippen molar-refractivity contribution in [2.75, 3.05) is 19.7 Å². The predicted octanol–water partition coefficient (Wildman–Crippen LogP) is -0.0714. The molecule has 2 saturated heterocycles. The highest BCUT2D eigenvalue weighted by Gasteiger charge is 2.37. The third-order valence-electron chi connectivity index (χ3n) is 4.37. The number of carbonyl (C=O) groups excluding carboxylic acids is 2. The minimum absolute atomic E-state index is 0.0306. The van der Waals surface area contributed by atoms with E-state index in [1.165, 1.54) is 6.07 Å². The average molecular weight is 365 g/mol. The summed E-state index contributed by atoms with van der Waals surface area (Å²) in [7, 11) is 0. The van der Waals surface area contributed by atoms with Crippen molar-refractivity contribution >= 4 is 18.3 Å². The van der Waals surface area contributed by atoms with Gasteiger partial charge in [0.05, 0.1) is 17.7 Å². The van der Waals surface area contributed by atoms with Gasteiger partial charge >= 0.3 is 0 Å². The summed E-state index contributed by atoms with van der Waals surface area (Å²) in [5.74, 6) is -0.228. The molecule has 0 bridgehead atoms. The van der Waals surface area contributed by atoms with Crippen LogP contribution in [-0.4, -0.2) is 65.1 Å². The number of amides is 2. The summed E-state index contributed by atoms with van der Waals surface area (Å²) in [6.07, 6.45) is 0.661. The maximum absolute atomic E-state index is 12.8. The van der Waals surface area contributed by atoms with Crippen LogP contribution >= 0.6 is 0 Å². The standard InChI is InChI=1S/C16H21N3O4.CH2O2/c1-9(2)15-10(3-4-13(20)18-15)16(22)19-6-5-12-11(7-19)17-14(21)8-23-12;2-1-3/h3-4,9,11-12H,5-8H2,1-2H3,(H,17,21)(H,18,20);1H,(H,2,3)/t11-,12+;/m0./s1. The molecule has 2 atom stereocenters. The molecule has 0 spiro atoms. The third-order valence-corrected chi connectivity index (χ3v) is 4.37. The van der Waals surface area contributed by atoms with Crippen LogP contribution < -0.4 is 10.9 Å². The quantitative estimate of drug-likeness (QED) is 0.629. The minimum atomic E-state index is -0.250. The second kappa shape index (κ2) is 8.61. The van der Waals surface area contributed by atoms with Gasteiger partial charge in [-0.05, 0) is 18.4 Å². The number of pyridine rings is 1. The third kappa shape index (κ3) is 4.48. The molecule has 3 heterocycles. The zero-order valence-electron chi connectivity index (χ0n) is 14.7. The van der Waals surface area contributed by atoms with Crippen LogP contribution in [0.3, 0.4) is 0 Å². The smallest absolute Gasteiger partial charge is 0.290 e. The Morgan fingerprint density at radius 1 is 1.38 bits per heavy atom. The van der Waals surface area contributed by atoms with Gasteiger partial charge in [-0.2, -0.15) is 0 Å². The Labute approximate surface area is 150 Å². The number of nitrogens with one attached hydrogen (secondary N) is 2. The zero-order valence-corrected chi connectivity index (χ0v) is 14.7. The summed E-state index contributed by atoms with van der Waals surface area (Å²) in [6, 6.07) is 2.79. The van der Waals surface area contributed by atoms with Gasteiger partial charge in [0.1, 0.15) is 6.61 Å². The monoisotopic (exact) mass is 365 g/mol. The largest absolute Gasteiger partial charge is 0.483 e. The summed E-state index contributed by atoms with van der Waals surface area (Å²) < 4.78 is 5.51. The van der Waals surface area contributed by atoms with Crippen LogP contribution in [-0.2, 0) is 14.3 Å². The molecule has 2 amide bonds. The lowest BCUT2D eigenvalue weighted by Crippen LogP contribution is -2.61. The SMILES string of the molecule is CC(C)c1[nH]c(=O)ccc1C(=O)N1CC[C@H]2OCC(=O)N[C@H]2C1.O=CO. The van der Waals surface area contributed by atoms with Crippen LogP contribution in [0, 0.1) is 0 Å². The number of nitrogens with zero attached hydrogens (tertiary/aromatic N) is 1. The van der Waals surface area contributed by atoms with Crippen molar-refractivity contribution in [3.63, 3.8) is 0 Å². The summed E-state index contributed by atoms with van der Waals surface area (Å²) in [5.41, 5.74) is 0.951.